The van der Waals surface area contributed by atoms with Crippen molar-refractivity contribution in [2.24, 2.45) is 5.73 Å². The summed E-state index contributed by atoms with van der Waals surface area (Å²) in [6.07, 6.45) is 0.955. The summed E-state index contributed by atoms with van der Waals surface area (Å²) >= 11 is 0. The highest BCUT2D eigenvalue weighted by Gasteiger charge is 2.39. The fourth-order valence-corrected chi connectivity index (χ4v) is 5.19. The molecule has 5 nitrogen and oxygen atoms in total. The molecule has 2 N–H and O–H groups in total. The van der Waals surface area contributed by atoms with Crippen molar-refractivity contribution in [1.29, 1.82) is 0 Å². The Morgan fingerprint density at radius 3 is 2.00 bits per heavy atom. The standard InChI is InChI=1S/C17H32N2O3Si/c1-4-20-23(21-5-2,22-6-3)14-10-13-19(16-18)15-17-11-8-7-9-12-17/h7-9,11-12H,4-6,10,13-16,18H2,1-3H3. The summed E-state index contributed by atoms with van der Waals surface area (Å²) in [6, 6.07) is 11.2. The van der Waals surface area contributed by atoms with Gasteiger partial charge in [-0.25, -0.2) is 0 Å². The Morgan fingerprint density at radius 1 is 0.957 bits per heavy atom. The first-order valence-corrected chi connectivity index (χ1v) is 10.5. The second kappa shape index (κ2) is 11.7. The topological polar surface area (TPSA) is 57.0 Å². The molecule has 6 heteroatoms. The van der Waals surface area contributed by atoms with Gasteiger partial charge in [-0.2, -0.15) is 0 Å². The molecule has 0 amide bonds. The van der Waals surface area contributed by atoms with E-state index in [0.717, 1.165) is 25.6 Å². The van der Waals surface area contributed by atoms with Crippen molar-refractivity contribution in [3.05, 3.63) is 35.9 Å². The van der Waals surface area contributed by atoms with Crippen LogP contribution in [-0.4, -0.2) is 46.7 Å². The zero-order valence-corrected chi connectivity index (χ0v) is 15.8. The van der Waals surface area contributed by atoms with Crippen LogP contribution in [0.4, 0.5) is 0 Å². The molecule has 0 bridgehead atoms. The highest BCUT2D eigenvalue weighted by Crippen LogP contribution is 2.18. The van der Waals surface area contributed by atoms with Gasteiger partial charge in [0.1, 0.15) is 0 Å². The average Bonchev–Trinajstić information content (AvgIpc) is 2.55. The van der Waals surface area contributed by atoms with Crippen LogP contribution in [0, 0.1) is 0 Å². The summed E-state index contributed by atoms with van der Waals surface area (Å²) in [6.45, 7) is 10.1. The monoisotopic (exact) mass is 340 g/mol. The first kappa shape index (κ1) is 20.3. The quantitative estimate of drug-likeness (QED) is 0.442. The van der Waals surface area contributed by atoms with E-state index in [1.807, 2.05) is 26.8 Å². The lowest BCUT2D eigenvalue weighted by molar-refractivity contribution is 0.0698. The summed E-state index contributed by atoms with van der Waals surface area (Å²) < 4.78 is 17.7. The number of hydrogen-bond acceptors (Lipinski definition) is 5. The Morgan fingerprint density at radius 2 is 1.52 bits per heavy atom. The number of rotatable bonds is 13. The van der Waals surface area contributed by atoms with Gasteiger partial charge in [-0.05, 0) is 39.3 Å². The van der Waals surface area contributed by atoms with Crippen LogP contribution in [0.15, 0.2) is 30.3 Å². The number of nitrogens with two attached hydrogens (primary N) is 1. The van der Waals surface area contributed by atoms with E-state index in [4.69, 9.17) is 19.0 Å². The lowest BCUT2D eigenvalue weighted by Gasteiger charge is -2.29. The van der Waals surface area contributed by atoms with E-state index in [1.165, 1.54) is 5.56 Å². The van der Waals surface area contributed by atoms with E-state index < -0.39 is 8.80 Å². The lowest BCUT2D eigenvalue weighted by atomic mass is 10.2. The number of hydrogen-bond donors (Lipinski definition) is 1. The van der Waals surface area contributed by atoms with Gasteiger partial charge in [0.2, 0.25) is 0 Å². The van der Waals surface area contributed by atoms with Gasteiger partial charge in [0.05, 0.1) is 0 Å². The molecule has 1 aromatic rings. The van der Waals surface area contributed by atoms with E-state index in [1.54, 1.807) is 0 Å². The smallest absolute Gasteiger partial charge is 0.374 e. The van der Waals surface area contributed by atoms with Crippen LogP contribution < -0.4 is 5.73 Å². The molecule has 0 heterocycles. The van der Waals surface area contributed by atoms with Gasteiger partial charge in [-0.15, -0.1) is 0 Å². The molecule has 132 valence electrons. The van der Waals surface area contributed by atoms with Crippen LogP contribution in [0.25, 0.3) is 0 Å². The molecule has 1 aromatic carbocycles. The Labute approximate surface area is 142 Å². The minimum absolute atomic E-state index is 0.543. The molecular weight excluding hydrogens is 308 g/mol. The third kappa shape index (κ3) is 7.56. The van der Waals surface area contributed by atoms with Gasteiger partial charge in [0.15, 0.2) is 0 Å². The van der Waals surface area contributed by atoms with Crippen molar-refractivity contribution in [3.63, 3.8) is 0 Å². The van der Waals surface area contributed by atoms with E-state index >= 15 is 0 Å². The molecule has 0 spiro atoms. The van der Waals surface area contributed by atoms with Crippen molar-refractivity contribution >= 4 is 8.80 Å². The Bertz CT molecular complexity index is 389. The SMILES string of the molecule is CCO[Si](CCCN(CN)Cc1ccccc1)(OCC)OCC. The number of nitrogens with zero attached hydrogens (tertiary/aromatic N) is 1. The summed E-state index contributed by atoms with van der Waals surface area (Å²) in [5.74, 6) is 0. The minimum Gasteiger partial charge on any atom is -0.374 e. The molecule has 0 atom stereocenters. The van der Waals surface area contributed by atoms with Gasteiger partial charge in [-0.1, -0.05) is 30.3 Å². The van der Waals surface area contributed by atoms with Crippen LogP contribution in [0.2, 0.25) is 6.04 Å². The molecule has 0 aromatic heterocycles. The van der Waals surface area contributed by atoms with Gasteiger partial charge in [0, 0.05) is 39.1 Å². The maximum Gasteiger partial charge on any atom is 0.500 e. The van der Waals surface area contributed by atoms with Crippen LogP contribution in [0.1, 0.15) is 32.8 Å². The third-order valence-electron chi connectivity index (χ3n) is 3.56. The first-order valence-electron chi connectivity index (χ1n) is 8.57. The van der Waals surface area contributed by atoms with E-state index in [2.05, 4.69) is 29.2 Å². The summed E-state index contributed by atoms with van der Waals surface area (Å²) in [4.78, 5) is 2.23. The lowest BCUT2D eigenvalue weighted by Crippen LogP contribution is -2.46. The van der Waals surface area contributed by atoms with Crippen molar-refractivity contribution in [3.8, 4) is 0 Å². The van der Waals surface area contributed by atoms with Gasteiger partial charge in [0.25, 0.3) is 0 Å². The summed E-state index contributed by atoms with van der Waals surface area (Å²) in [7, 11) is -2.53. The maximum atomic E-state index is 5.89. The molecule has 0 radical (unpaired) electrons. The highest BCUT2D eigenvalue weighted by atomic mass is 28.4. The van der Waals surface area contributed by atoms with Gasteiger partial charge in [-0.3, -0.25) is 4.90 Å². The molecule has 0 aliphatic carbocycles. The van der Waals surface area contributed by atoms with Crippen LogP contribution in [-0.2, 0) is 19.8 Å². The molecule has 23 heavy (non-hydrogen) atoms. The average molecular weight is 341 g/mol. The third-order valence-corrected chi connectivity index (χ3v) is 6.71. The molecule has 0 aliphatic rings. The van der Waals surface area contributed by atoms with E-state index in [0.29, 0.717) is 26.5 Å². The summed E-state index contributed by atoms with van der Waals surface area (Å²) in [5, 5.41) is 0. The Kier molecular flexibility index (Phi) is 10.3. The first-order chi connectivity index (χ1) is 11.2. The van der Waals surface area contributed by atoms with Crippen LogP contribution in [0.3, 0.4) is 0 Å². The van der Waals surface area contributed by atoms with Crippen molar-refractivity contribution in [2.75, 3.05) is 33.0 Å². The predicted molar refractivity (Wildman–Crippen MR) is 96.0 cm³/mol. The van der Waals surface area contributed by atoms with Crippen LogP contribution in [0.5, 0.6) is 0 Å². The number of benzene rings is 1. The van der Waals surface area contributed by atoms with E-state index in [-0.39, 0.29) is 0 Å². The zero-order chi connectivity index (χ0) is 17.0. The molecule has 0 saturated heterocycles. The largest absolute Gasteiger partial charge is 0.500 e. The molecule has 0 saturated carbocycles. The predicted octanol–water partition coefficient (Wildman–Crippen LogP) is 2.84. The Hall–Kier alpha value is -0.763. The second-order valence-electron chi connectivity index (χ2n) is 5.31. The normalized spacial score (nSPS) is 12.0. The fourth-order valence-electron chi connectivity index (χ4n) is 2.60. The van der Waals surface area contributed by atoms with Crippen molar-refractivity contribution < 1.29 is 13.3 Å². The Balaban J connectivity index is 2.51. The van der Waals surface area contributed by atoms with Gasteiger partial charge < -0.3 is 19.0 Å². The molecule has 0 unspecified atom stereocenters. The zero-order valence-electron chi connectivity index (χ0n) is 14.8. The fraction of sp³-hybridized carbons (Fsp3) is 0.647. The second-order valence-corrected chi connectivity index (χ2v) is 8.04. The van der Waals surface area contributed by atoms with Crippen LogP contribution >= 0.6 is 0 Å². The summed E-state index contributed by atoms with van der Waals surface area (Å²) in [5.41, 5.74) is 7.17. The highest BCUT2D eigenvalue weighted by molar-refractivity contribution is 6.60. The van der Waals surface area contributed by atoms with Crippen molar-refractivity contribution in [2.45, 2.75) is 39.8 Å². The van der Waals surface area contributed by atoms with Crippen molar-refractivity contribution in [1.82, 2.24) is 4.90 Å². The van der Waals surface area contributed by atoms with E-state index in [9.17, 15) is 0 Å². The molecular formula is C17H32N2O3Si. The van der Waals surface area contributed by atoms with Gasteiger partial charge >= 0.3 is 8.80 Å². The molecule has 0 fully saturated rings. The maximum absolute atomic E-state index is 5.89. The molecule has 1 rings (SSSR count). The molecule has 0 aliphatic heterocycles. The minimum atomic E-state index is -2.53.